The number of carboxylic acids is 1. The number of carboxylic acid groups (broad SMARTS) is 1. The van der Waals surface area contributed by atoms with Crippen molar-refractivity contribution in [3.05, 3.63) is 42.2 Å². The van der Waals surface area contributed by atoms with Gasteiger partial charge in [0.05, 0.1) is 5.92 Å². The van der Waals surface area contributed by atoms with Gasteiger partial charge in [-0.25, -0.2) is 0 Å². The first-order chi connectivity index (χ1) is 9.93. The summed E-state index contributed by atoms with van der Waals surface area (Å²) in [5, 5.41) is 10.7. The molecule has 2 atom stereocenters. The Morgan fingerprint density at radius 3 is 2.48 bits per heavy atom. The van der Waals surface area contributed by atoms with E-state index < -0.39 is 17.9 Å². The fraction of sp³-hybridized carbons (Fsp3) is 0.312. The fourth-order valence-electron chi connectivity index (χ4n) is 2.51. The molecule has 0 saturated carbocycles. The van der Waals surface area contributed by atoms with E-state index in [9.17, 15) is 9.59 Å². The molecular weight excluding hydrogens is 268 g/mol. The summed E-state index contributed by atoms with van der Waals surface area (Å²) < 4.78 is 0. The third-order valence-corrected chi connectivity index (χ3v) is 3.60. The van der Waals surface area contributed by atoms with Crippen LogP contribution in [0.1, 0.15) is 24.3 Å². The average Bonchev–Trinajstić information content (AvgIpc) is 2.46. The Morgan fingerprint density at radius 1 is 1.19 bits per heavy atom. The number of ketones is 1. The van der Waals surface area contributed by atoms with E-state index in [0.717, 1.165) is 5.39 Å². The van der Waals surface area contributed by atoms with Crippen LogP contribution in [0.3, 0.4) is 0 Å². The second-order valence-electron chi connectivity index (χ2n) is 5.38. The predicted molar refractivity (Wildman–Crippen MR) is 80.0 cm³/mol. The molecule has 2 rings (SSSR count). The van der Waals surface area contributed by atoms with Gasteiger partial charge in [0.1, 0.15) is 11.7 Å². The van der Waals surface area contributed by atoms with Crippen LogP contribution in [-0.2, 0) is 4.79 Å². The number of pyridine rings is 1. The number of rotatable bonds is 5. The number of aliphatic carboxylic acids is 1. The molecule has 5 nitrogen and oxygen atoms in total. The number of fused-ring (bicyclic) bond motifs is 1. The first-order valence-corrected chi connectivity index (χ1v) is 6.80. The van der Waals surface area contributed by atoms with Gasteiger partial charge >= 0.3 is 5.97 Å². The minimum absolute atomic E-state index is 0.190. The van der Waals surface area contributed by atoms with E-state index >= 15 is 0 Å². The lowest BCUT2D eigenvalue weighted by Gasteiger charge is -2.23. The number of hydrogen-bond donors (Lipinski definition) is 2. The Hall–Kier alpha value is -2.27. The Labute approximate surface area is 122 Å². The second-order valence-corrected chi connectivity index (χ2v) is 5.38. The molecule has 0 aliphatic rings. The standard InChI is InChI=1S/C16H18N2O3/c1-9(2)12(13(17)16(20)21)15(19)14-11-6-4-3-5-10(11)7-8-18-14/h3-9,12-13H,17H2,1-2H3,(H,20,21)/t12?,13-/m0/s1. The largest absolute Gasteiger partial charge is 0.480 e. The van der Waals surface area contributed by atoms with Crippen molar-refractivity contribution in [3.63, 3.8) is 0 Å². The molecule has 0 aliphatic carbocycles. The van der Waals surface area contributed by atoms with Gasteiger partial charge in [-0.15, -0.1) is 0 Å². The number of nitrogens with two attached hydrogens (primary N) is 1. The summed E-state index contributed by atoms with van der Waals surface area (Å²) in [6, 6.07) is 7.96. The third kappa shape index (κ3) is 2.92. The predicted octanol–water partition coefficient (Wildman–Crippen LogP) is 2.10. The first-order valence-electron chi connectivity index (χ1n) is 6.80. The van der Waals surface area contributed by atoms with E-state index in [-0.39, 0.29) is 17.4 Å². The van der Waals surface area contributed by atoms with Crippen molar-refractivity contribution < 1.29 is 14.7 Å². The van der Waals surface area contributed by atoms with Gasteiger partial charge in [-0.2, -0.15) is 0 Å². The van der Waals surface area contributed by atoms with Crippen LogP contribution in [0.15, 0.2) is 36.5 Å². The van der Waals surface area contributed by atoms with Crippen molar-refractivity contribution in [2.75, 3.05) is 0 Å². The topological polar surface area (TPSA) is 93.3 Å². The van der Waals surface area contributed by atoms with Gasteiger partial charge in [-0.3, -0.25) is 14.6 Å². The molecule has 1 unspecified atom stereocenters. The molecule has 1 aromatic carbocycles. The molecule has 0 fully saturated rings. The van der Waals surface area contributed by atoms with Gasteiger partial charge in [-0.05, 0) is 17.4 Å². The quantitative estimate of drug-likeness (QED) is 0.821. The Kier molecular flexibility index (Phi) is 4.33. The van der Waals surface area contributed by atoms with Crippen LogP contribution in [0.5, 0.6) is 0 Å². The van der Waals surface area contributed by atoms with Crippen molar-refractivity contribution >= 4 is 22.5 Å². The lowest BCUT2D eigenvalue weighted by Crippen LogP contribution is -2.44. The number of hydrogen-bond acceptors (Lipinski definition) is 4. The van der Waals surface area contributed by atoms with Crippen LogP contribution < -0.4 is 5.73 Å². The lowest BCUT2D eigenvalue weighted by atomic mass is 9.83. The minimum atomic E-state index is -1.24. The number of Topliss-reactive ketones (excluding diaryl/α,β-unsaturated/α-hetero) is 1. The van der Waals surface area contributed by atoms with E-state index in [1.807, 2.05) is 24.3 Å². The molecule has 1 heterocycles. The van der Waals surface area contributed by atoms with Gasteiger partial charge in [-0.1, -0.05) is 38.1 Å². The molecule has 0 bridgehead atoms. The highest BCUT2D eigenvalue weighted by molar-refractivity contribution is 6.08. The van der Waals surface area contributed by atoms with Crippen LogP contribution in [-0.4, -0.2) is 27.9 Å². The highest BCUT2D eigenvalue weighted by atomic mass is 16.4. The van der Waals surface area contributed by atoms with Crippen LogP contribution in [0.2, 0.25) is 0 Å². The SMILES string of the molecule is CC(C)C(C(=O)c1nccc2ccccc12)[C@H](N)C(=O)O. The van der Waals surface area contributed by atoms with Gasteiger partial charge < -0.3 is 10.8 Å². The molecule has 5 heteroatoms. The summed E-state index contributed by atoms with van der Waals surface area (Å²) in [6.45, 7) is 3.58. The molecule has 110 valence electrons. The molecule has 21 heavy (non-hydrogen) atoms. The summed E-state index contributed by atoms with van der Waals surface area (Å²) in [6.07, 6.45) is 1.55. The van der Waals surface area contributed by atoms with Gasteiger partial charge in [0, 0.05) is 11.6 Å². The van der Waals surface area contributed by atoms with Crippen molar-refractivity contribution in [3.8, 4) is 0 Å². The zero-order valence-electron chi connectivity index (χ0n) is 12.0. The maximum absolute atomic E-state index is 12.7. The highest BCUT2D eigenvalue weighted by Crippen LogP contribution is 2.24. The van der Waals surface area contributed by atoms with E-state index in [1.54, 1.807) is 26.1 Å². The highest BCUT2D eigenvalue weighted by Gasteiger charge is 2.35. The second kappa shape index (κ2) is 6.01. The molecule has 0 amide bonds. The molecule has 0 saturated heterocycles. The van der Waals surface area contributed by atoms with E-state index in [4.69, 9.17) is 10.8 Å². The Balaban J connectivity index is 2.51. The van der Waals surface area contributed by atoms with Crippen molar-refractivity contribution in [2.24, 2.45) is 17.6 Å². The molecule has 0 spiro atoms. The molecule has 2 aromatic rings. The summed E-state index contributed by atoms with van der Waals surface area (Å²) in [5.41, 5.74) is 5.98. The first kappa shape index (κ1) is 15.1. The third-order valence-electron chi connectivity index (χ3n) is 3.60. The zero-order valence-corrected chi connectivity index (χ0v) is 12.0. The number of carbonyl (C=O) groups is 2. The maximum atomic E-state index is 12.7. The van der Waals surface area contributed by atoms with E-state index in [2.05, 4.69) is 4.98 Å². The van der Waals surface area contributed by atoms with Crippen molar-refractivity contribution in [2.45, 2.75) is 19.9 Å². The number of nitrogens with zero attached hydrogens (tertiary/aromatic N) is 1. The van der Waals surface area contributed by atoms with Crippen LogP contribution in [0.4, 0.5) is 0 Å². The van der Waals surface area contributed by atoms with Gasteiger partial charge in [0.2, 0.25) is 0 Å². The minimum Gasteiger partial charge on any atom is -0.480 e. The Bertz CT molecular complexity index is 677. The van der Waals surface area contributed by atoms with Crippen molar-refractivity contribution in [1.29, 1.82) is 0 Å². The smallest absolute Gasteiger partial charge is 0.321 e. The number of aromatic nitrogens is 1. The Morgan fingerprint density at radius 2 is 1.86 bits per heavy atom. The number of carbonyl (C=O) groups excluding carboxylic acids is 1. The normalized spacial score (nSPS) is 14.1. The van der Waals surface area contributed by atoms with Gasteiger partial charge in [0.25, 0.3) is 0 Å². The van der Waals surface area contributed by atoms with E-state index in [1.165, 1.54) is 0 Å². The monoisotopic (exact) mass is 286 g/mol. The molecule has 0 radical (unpaired) electrons. The fourth-order valence-corrected chi connectivity index (χ4v) is 2.51. The molecule has 1 aromatic heterocycles. The molecular formula is C16H18N2O3. The van der Waals surface area contributed by atoms with Crippen LogP contribution in [0, 0.1) is 11.8 Å². The molecule has 0 aliphatic heterocycles. The van der Waals surface area contributed by atoms with E-state index in [0.29, 0.717) is 5.39 Å². The summed E-state index contributed by atoms with van der Waals surface area (Å²) in [5.74, 6) is -2.50. The van der Waals surface area contributed by atoms with Gasteiger partial charge in [0.15, 0.2) is 5.78 Å². The van der Waals surface area contributed by atoms with Crippen LogP contribution in [0.25, 0.3) is 10.8 Å². The summed E-state index contributed by atoms with van der Waals surface area (Å²) in [4.78, 5) is 28.0. The summed E-state index contributed by atoms with van der Waals surface area (Å²) in [7, 11) is 0. The maximum Gasteiger partial charge on any atom is 0.321 e. The zero-order chi connectivity index (χ0) is 15.6. The molecule has 3 N–H and O–H groups in total. The van der Waals surface area contributed by atoms with Crippen molar-refractivity contribution in [1.82, 2.24) is 4.98 Å². The van der Waals surface area contributed by atoms with Crippen LogP contribution >= 0.6 is 0 Å². The lowest BCUT2D eigenvalue weighted by molar-refractivity contribution is -0.139. The number of benzene rings is 1. The average molecular weight is 286 g/mol. The summed E-state index contributed by atoms with van der Waals surface area (Å²) >= 11 is 0.